The monoisotopic (exact) mass is 280 g/mol. The van der Waals surface area contributed by atoms with E-state index in [1.165, 1.54) is 0 Å². The largest absolute Gasteiger partial charge is 0.416 e. The second kappa shape index (κ2) is 5.01. The van der Waals surface area contributed by atoms with Crippen LogP contribution in [0.4, 0.5) is 13.2 Å². The molecule has 84 valence electrons. The van der Waals surface area contributed by atoms with E-state index >= 15 is 0 Å². The molecule has 1 aromatic carbocycles. The van der Waals surface area contributed by atoms with E-state index in [1.807, 2.05) is 6.92 Å². The van der Waals surface area contributed by atoms with E-state index in [2.05, 4.69) is 15.9 Å². The molecule has 0 saturated heterocycles. The molecular formula is C11H12BrF3. The first-order valence-corrected chi connectivity index (χ1v) is 5.80. The highest BCUT2D eigenvalue weighted by molar-refractivity contribution is 9.09. The quantitative estimate of drug-likeness (QED) is 0.711. The predicted molar refractivity (Wildman–Crippen MR) is 58.3 cm³/mol. The molecule has 0 fully saturated rings. The van der Waals surface area contributed by atoms with E-state index in [0.29, 0.717) is 0 Å². The average Bonchev–Trinajstić information content (AvgIpc) is 2.17. The van der Waals surface area contributed by atoms with Crippen molar-refractivity contribution in [2.24, 2.45) is 0 Å². The Morgan fingerprint density at radius 3 is 2.13 bits per heavy atom. The van der Waals surface area contributed by atoms with Gasteiger partial charge < -0.3 is 0 Å². The van der Waals surface area contributed by atoms with Crippen LogP contribution in [0.2, 0.25) is 0 Å². The zero-order valence-corrected chi connectivity index (χ0v) is 9.90. The zero-order valence-electron chi connectivity index (χ0n) is 8.31. The van der Waals surface area contributed by atoms with Gasteiger partial charge >= 0.3 is 6.18 Å². The third kappa shape index (κ3) is 3.52. The maximum atomic E-state index is 12.3. The Morgan fingerprint density at radius 2 is 1.73 bits per heavy atom. The molecule has 0 aliphatic carbocycles. The van der Waals surface area contributed by atoms with Gasteiger partial charge in [-0.15, -0.1) is 0 Å². The standard InChI is InChI=1S/C11H12BrF3/c1-8(6-7-12)9-2-4-10(5-3-9)11(13,14)15/h2-5,8H,6-7H2,1H3. The van der Waals surface area contributed by atoms with Gasteiger partial charge in [-0.3, -0.25) is 0 Å². The minimum absolute atomic E-state index is 0.284. The van der Waals surface area contributed by atoms with Gasteiger partial charge in [0.1, 0.15) is 0 Å². The maximum Gasteiger partial charge on any atom is 0.416 e. The van der Waals surface area contributed by atoms with Crippen LogP contribution in [-0.4, -0.2) is 5.33 Å². The fourth-order valence-corrected chi connectivity index (χ4v) is 2.02. The van der Waals surface area contributed by atoms with Crippen molar-refractivity contribution in [1.29, 1.82) is 0 Å². The highest BCUT2D eigenvalue weighted by atomic mass is 79.9. The second-order valence-corrected chi connectivity index (χ2v) is 4.29. The van der Waals surface area contributed by atoms with E-state index in [9.17, 15) is 13.2 Å². The lowest BCUT2D eigenvalue weighted by molar-refractivity contribution is -0.137. The molecule has 1 atom stereocenters. The minimum Gasteiger partial charge on any atom is -0.166 e. The van der Waals surface area contributed by atoms with Crippen molar-refractivity contribution in [1.82, 2.24) is 0 Å². The van der Waals surface area contributed by atoms with E-state index in [-0.39, 0.29) is 5.92 Å². The minimum atomic E-state index is -4.24. The molecular weight excluding hydrogens is 269 g/mol. The molecule has 0 nitrogen and oxygen atoms in total. The first-order chi connectivity index (χ1) is 6.95. The third-order valence-electron chi connectivity index (χ3n) is 2.35. The van der Waals surface area contributed by atoms with Crippen LogP contribution < -0.4 is 0 Å². The van der Waals surface area contributed by atoms with E-state index in [4.69, 9.17) is 0 Å². The molecule has 0 amide bonds. The van der Waals surface area contributed by atoms with Crippen LogP contribution in [0.15, 0.2) is 24.3 Å². The molecule has 4 heteroatoms. The molecule has 0 heterocycles. The van der Waals surface area contributed by atoms with Crippen molar-refractivity contribution in [3.05, 3.63) is 35.4 Å². The van der Waals surface area contributed by atoms with Gasteiger partial charge in [0.2, 0.25) is 0 Å². The number of halogens is 4. The van der Waals surface area contributed by atoms with Crippen molar-refractivity contribution >= 4 is 15.9 Å². The number of hydrogen-bond acceptors (Lipinski definition) is 0. The van der Waals surface area contributed by atoms with Gasteiger partial charge in [-0.25, -0.2) is 0 Å². The molecule has 0 saturated carbocycles. The van der Waals surface area contributed by atoms with Crippen LogP contribution in [0.1, 0.15) is 30.4 Å². The van der Waals surface area contributed by atoms with E-state index in [1.54, 1.807) is 12.1 Å². The Labute approximate surface area is 95.6 Å². The molecule has 0 spiro atoms. The first kappa shape index (κ1) is 12.6. The molecule has 0 N–H and O–H groups in total. The van der Waals surface area contributed by atoms with Crippen LogP contribution in [0.3, 0.4) is 0 Å². The lowest BCUT2D eigenvalue weighted by Gasteiger charge is -2.12. The molecule has 1 aromatic rings. The molecule has 1 unspecified atom stereocenters. The van der Waals surface area contributed by atoms with E-state index in [0.717, 1.165) is 29.4 Å². The topological polar surface area (TPSA) is 0 Å². The molecule has 0 aliphatic heterocycles. The van der Waals surface area contributed by atoms with Gasteiger partial charge in [-0.05, 0) is 30.0 Å². The van der Waals surface area contributed by atoms with Gasteiger partial charge in [0.25, 0.3) is 0 Å². The number of alkyl halides is 4. The smallest absolute Gasteiger partial charge is 0.166 e. The SMILES string of the molecule is CC(CCBr)c1ccc(C(F)(F)F)cc1. The lowest BCUT2D eigenvalue weighted by atomic mass is 9.97. The molecule has 0 aromatic heterocycles. The summed E-state index contributed by atoms with van der Waals surface area (Å²) in [4.78, 5) is 0. The van der Waals surface area contributed by atoms with Crippen LogP contribution in [-0.2, 0) is 6.18 Å². The highest BCUT2D eigenvalue weighted by Crippen LogP contribution is 2.30. The zero-order chi connectivity index (χ0) is 11.5. The fourth-order valence-electron chi connectivity index (χ4n) is 1.33. The summed E-state index contributed by atoms with van der Waals surface area (Å²) in [6.45, 7) is 2.00. The summed E-state index contributed by atoms with van der Waals surface area (Å²) in [6.07, 6.45) is -3.32. The third-order valence-corrected chi connectivity index (χ3v) is 2.81. The van der Waals surface area contributed by atoms with Crippen LogP contribution in [0, 0.1) is 0 Å². The normalized spacial score (nSPS) is 13.9. The Kier molecular flexibility index (Phi) is 4.20. The van der Waals surface area contributed by atoms with Crippen molar-refractivity contribution < 1.29 is 13.2 Å². The predicted octanol–water partition coefficient (Wildman–Crippen LogP) is 4.59. The van der Waals surface area contributed by atoms with Crippen molar-refractivity contribution in [2.45, 2.75) is 25.4 Å². The molecule has 15 heavy (non-hydrogen) atoms. The Hall–Kier alpha value is -0.510. The Bertz CT molecular complexity index is 303. The summed E-state index contributed by atoms with van der Waals surface area (Å²) in [5, 5.41) is 0.856. The number of benzene rings is 1. The number of hydrogen-bond donors (Lipinski definition) is 0. The summed E-state index contributed by atoms with van der Waals surface area (Å²) in [7, 11) is 0. The Balaban J connectivity index is 2.81. The van der Waals surface area contributed by atoms with Gasteiger partial charge in [-0.1, -0.05) is 35.0 Å². The fraction of sp³-hybridized carbons (Fsp3) is 0.455. The van der Waals surface area contributed by atoms with Crippen molar-refractivity contribution in [3.8, 4) is 0 Å². The van der Waals surface area contributed by atoms with Gasteiger partial charge in [0.05, 0.1) is 5.56 Å². The van der Waals surface area contributed by atoms with Crippen LogP contribution in [0.5, 0.6) is 0 Å². The molecule has 0 radical (unpaired) electrons. The van der Waals surface area contributed by atoms with Gasteiger partial charge in [0, 0.05) is 5.33 Å². The van der Waals surface area contributed by atoms with Crippen molar-refractivity contribution in [3.63, 3.8) is 0 Å². The summed E-state index contributed by atoms with van der Waals surface area (Å²) < 4.78 is 36.8. The molecule has 0 bridgehead atoms. The average molecular weight is 281 g/mol. The maximum absolute atomic E-state index is 12.3. The summed E-state index contributed by atoms with van der Waals surface area (Å²) in [5.74, 6) is 0.284. The summed E-state index contributed by atoms with van der Waals surface area (Å²) in [5.41, 5.74) is 0.361. The van der Waals surface area contributed by atoms with Crippen LogP contribution >= 0.6 is 15.9 Å². The summed E-state index contributed by atoms with van der Waals surface area (Å²) in [6, 6.07) is 5.38. The number of rotatable bonds is 3. The van der Waals surface area contributed by atoms with Gasteiger partial charge in [0.15, 0.2) is 0 Å². The van der Waals surface area contributed by atoms with E-state index < -0.39 is 11.7 Å². The molecule has 1 rings (SSSR count). The first-order valence-electron chi connectivity index (χ1n) is 4.68. The van der Waals surface area contributed by atoms with Gasteiger partial charge in [-0.2, -0.15) is 13.2 Å². The van der Waals surface area contributed by atoms with Crippen molar-refractivity contribution in [2.75, 3.05) is 5.33 Å². The second-order valence-electron chi connectivity index (χ2n) is 3.50. The highest BCUT2D eigenvalue weighted by Gasteiger charge is 2.30. The lowest BCUT2D eigenvalue weighted by Crippen LogP contribution is -2.05. The van der Waals surface area contributed by atoms with Crippen LogP contribution in [0.25, 0.3) is 0 Å². The molecule has 0 aliphatic rings. The Morgan fingerprint density at radius 1 is 1.20 bits per heavy atom. The summed E-state index contributed by atoms with van der Waals surface area (Å²) >= 11 is 3.31.